The maximum absolute atomic E-state index is 13.1. The third-order valence-corrected chi connectivity index (χ3v) is 6.48. The van der Waals surface area contributed by atoms with Gasteiger partial charge in [0.15, 0.2) is 23.1 Å². The molecule has 3 N–H and O–H groups in total. The van der Waals surface area contributed by atoms with E-state index in [1.54, 1.807) is 30.3 Å². The van der Waals surface area contributed by atoms with Crippen LogP contribution in [0.25, 0.3) is 0 Å². The largest absolute Gasteiger partial charge is 0.502 e. The van der Waals surface area contributed by atoms with Crippen molar-refractivity contribution in [3.8, 4) is 17.2 Å². The predicted octanol–water partition coefficient (Wildman–Crippen LogP) is 5.23. The molecular formula is C28H26N2O5. The van der Waals surface area contributed by atoms with Gasteiger partial charge in [-0.3, -0.25) is 9.59 Å². The zero-order chi connectivity index (χ0) is 24.5. The van der Waals surface area contributed by atoms with Crippen LogP contribution in [0.2, 0.25) is 0 Å². The summed E-state index contributed by atoms with van der Waals surface area (Å²) in [6.45, 7) is 0. The molecule has 7 heteroatoms. The number of fused-ring (bicyclic) bond motifs is 1. The number of methoxy groups -OCH3 is 2. The molecule has 0 amide bonds. The van der Waals surface area contributed by atoms with E-state index in [2.05, 4.69) is 10.6 Å². The maximum Gasteiger partial charge on any atom is 0.200 e. The molecule has 0 unspecified atom stereocenters. The summed E-state index contributed by atoms with van der Waals surface area (Å²) >= 11 is 0. The van der Waals surface area contributed by atoms with E-state index >= 15 is 0 Å². The van der Waals surface area contributed by atoms with Crippen molar-refractivity contribution < 1.29 is 24.2 Å². The SMILES string of the molecule is COc1cc([C@H]2Nc3ccc(C(=O)c4ccccc4)cc3NC3=C2C(=O)CCC3)cc(OC)c1O. The van der Waals surface area contributed by atoms with Crippen molar-refractivity contribution in [2.75, 3.05) is 24.9 Å². The van der Waals surface area contributed by atoms with Crippen LogP contribution in [0.1, 0.15) is 46.8 Å². The number of carbonyl (C=O) groups is 2. The Morgan fingerprint density at radius 1 is 0.914 bits per heavy atom. The normalized spacial score (nSPS) is 16.9. The summed E-state index contributed by atoms with van der Waals surface area (Å²) in [5.41, 5.74) is 4.84. The van der Waals surface area contributed by atoms with E-state index in [1.807, 2.05) is 30.3 Å². The molecule has 1 aliphatic carbocycles. The number of phenolic OH excluding ortho intramolecular Hbond substituents is 1. The predicted molar refractivity (Wildman–Crippen MR) is 133 cm³/mol. The number of aromatic hydroxyl groups is 1. The van der Waals surface area contributed by atoms with E-state index < -0.39 is 6.04 Å². The first-order valence-corrected chi connectivity index (χ1v) is 11.5. The number of phenols is 1. The fourth-order valence-corrected chi connectivity index (χ4v) is 4.72. The Hall–Kier alpha value is -4.26. The quantitative estimate of drug-likeness (QED) is 0.440. The second-order valence-electron chi connectivity index (χ2n) is 8.60. The Morgan fingerprint density at radius 2 is 1.63 bits per heavy atom. The molecule has 2 aliphatic rings. The fourth-order valence-electron chi connectivity index (χ4n) is 4.72. The van der Waals surface area contributed by atoms with Crippen molar-refractivity contribution in [2.24, 2.45) is 0 Å². The van der Waals surface area contributed by atoms with E-state index in [0.717, 1.165) is 29.1 Å². The van der Waals surface area contributed by atoms with Gasteiger partial charge in [-0.1, -0.05) is 30.3 Å². The van der Waals surface area contributed by atoms with Gasteiger partial charge >= 0.3 is 0 Å². The first-order chi connectivity index (χ1) is 17.0. The number of allylic oxidation sites excluding steroid dienone is 1. The van der Waals surface area contributed by atoms with Crippen molar-refractivity contribution in [3.05, 3.63) is 88.6 Å². The molecule has 0 spiro atoms. The number of hydrogen-bond donors (Lipinski definition) is 3. The van der Waals surface area contributed by atoms with Crippen molar-refractivity contribution >= 4 is 22.9 Å². The van der Waals surface area contributed by atoms with Crippen LogP contribution < -0.4 is 20.1 Å². The number of anilines is 2. The minimum atomic E-state index is -0.495. The van der Waals surface area contributed by atoms with E-state index in [4.69, 9.17) is 9.47 Å². The molecule has 1 heterocycles. The Kier molecular flexibility index (Phi) is 5.91. The van der Waals surface area contributed by atoms with Gasteiger partial charge in [-0.25, -0.2) is 0 Å². The number of benzene rings is 3. The van der Waals surface area contributed by atoms with Crippen LogP contribution in [-0.4, -0.2) is 30.9 Å². The van der Waals surface area contributed by atoms with Crippen molar-refractivity contribution in [1.29, 1.82) is 0 Å². The molecule has 3 aromatic carbocycles. The molecule has 7 nitrogen and oxygen atoms in total. The minimum Gasteiger partial charge on any atom is -0.502 e. The molecular weight excluding hydrogens is 444 g/mol. The summed E-state index contributed by atoms with van der Waals surface area (Å²) < 4.78 is 10.7. The number of hydrogen-bond acceptors (Lipinski definition) is 7. The van der Waals surface area contributed by atoms with Gasteiger partial charge in [-0.05, 0) is 48.7 Å². The zero-order valence-electron chi connectivity index (χ0n) is 19.6. The average Bonchev–Trinajstić information content (AvgIpc) is 3.06. The summed E-state index contributed by atoms with van der Waals surface area (Å²) in [6.07, 6.45) is 1.92. The van der Waals surface area contributed by atoms with Gasteiger partial charge in [0.25, 0.3) is 0 Å². The summed E-state index contributed by atoms with van der Waals surface area (Å²) in [6, 6.07) is 17.5. The third-order valence-electron chi connectivity index (χ3n) is 6.48. The second kappa shape index (κ2) is 9.18. The summed E-state index contributed by atoms with van der Waals surface area (Å²) in [5, 5.41) is 17.3. The molecule has 0 bridgehead atoms. The molecule has 3 aromatic rings. The van der Waals surface area contributed by atoms with Gasteiger partial charge in [0.05, 0.1) is 31.6 Å². The minimum absolute atomic E-state index is 0.0515. The smallest absolute Gasteiger partial charge is 0.200 e. The molecule has 0 saturated carbocycles. The summed E-state index contributed by atoms with van der Waals surface area (Å²) in [4.78, 5) is 26.2. The number of carbonyl (C=O) groups excluding carboxylic acids is 2. The van der Waals surface area contributed by atoms with Crippen LogP contribution in [-0.2, 0) is 4.79 Å². The lowest BCUT2D eigenvalue weighted by atomic mass is 9.86. The van der Waals surface area contributed by atoms with Gasteiger partial charge in [0.1, 0.15) is 0 Å². The first kappa shape index (κ1) is 22.5. The Bertz CT molecular complexity index is 1320. The molecule has 178 valence electrons. The lowest BCUT2D eigenvalue weighted by Gasteiger charge is -2.26. The van der Waals surface area contributed by atoms with Gasteiger partial charge in [-0.2, -0.15) is 0 Å². The number of ketones is 2. The van der Waals surface area contributed by atoms with Crippen LogP contribution >= 0.6 is 0 Å². The average molecular weight is 471 g/mol. The molecule has 5 rings (SSSR count). The van der Waals surface area contributed by atoms with Crippen LogP contribution in [0.15, 0.2) is 71.9 Å². The van der Waals surface area contributed by atoms with Crippen LogP contribution in [0.3, 0.4) is 0 Å². The van der Waals surface area contributed by atoms with Gasteiger partial charge in [-0.15, -0.1) is 0 Å². The standard InChI is InChI=1S/C28H26N2O5/c1-34-23-14-18(15-24(35-2)28(23)33)26-25-20(9-6-10-22(25)31)29-21-13-17(11-12-19(21)30-26)27(32)16-7-4-3-5-8-16/h3-5,7-8,11-15,26,29-30,33H,6,9-10H2,1-2H3/t26-/m1/s1. The summed E-state index contributed by atoms with van der Waals surface area (Å²) in [5.74, 6) is 0.397. The lowest BCUT2D eigenvalue weighted by molar-refractivity contribution is -0.116. The molecule has 0 fully saturated rings. The highest BCUT2D eigenvalue weighted by molar-refractivity contribution is 6.10. The molecule has 0 saturated heterocycles. The number of Topliss-reactive ketones (excluding diaryl/α,β-unsaturated/α-hetero) is 1. The highest BCUT2D eigenvalue weighted by atomic mass is 16.5. The molecule has 35 heavy (non-hydrogen) atoms. The van der Waals surface area contributed by atoms with Crippen molar-refractivity contribution in [3.63, 3.8) is 0 Å². The van der Waals surface area contributed by atoms with Gasteiger partial charge in [0.2, 0.25) is 5.75 Å². The third kappa shape index (κ3) is 4.10. The number of rotatable bonds is 5. The number of ether oxygens (including phenoxy) is 2. The lowest BCUT2D eigenvalue weighted by Crippen LogP contribution is -2.23. The molecule has 0 radical (unpaired) electrons. The maximum atomic E-state index is 13.1. The Labute approximate surface area is 203 Å². The first-order valence-electron chi connectivity index (χ1n) is 11.5. The van der Waals surface area contributed by atoms with E-state index in [-0.39, 0.29) is 28.8 Å². The topological polar surface area (TPSA) is 96.9 Å². The fraction of sp³-hybridized carbons (Fsp3) is 0.214. The highest BCUT2D eigenvalue weighted by Gasteiger charge is 2.33. The van der Waals surface area contributed by atoms with E-state index in [1.165, 1.54) is 14.2 Å². The second-order valence-corrected chi connectivity index (χ2v) is 8.60. The Balaban J connectivity index is 1.61. The molecule has 1 aliphatic heterocycles. The van der Waals surface area contributed by atoms with Crippen LogP contribution in [0.4, 0.5) is 11.4 Å². The monoisotopic (exact) mass is 470 g/mol. The summed E-state index contributed by atoms with van der Waals surface area (Å²) in [7, 11) is 2.94. The van der Waals surface area contributed by atoms with Crippen LogP contribution in [0, 0.1) is 0 Å². The van der Waals surface area contributed by atoms with Crippen molar-refractivity contribution in [1.82, 2.24) is 0 Å². The van der Waals surface area contributed by atoms with E-state index in [0.29, 0.717) is 29.5 Å². The molecule has 0 aromatic heterocycles. The van der Waals surface area contributed by atoms with Gasteiger partial charge < -0.3 is 25.2 Å². The van der Waals surface area contributed by atoms with E-state index in [9.17, 15) is 14.7 Å². The zero-order valence-corrected chi connectivity index (χ0v) is 19.6. The van der Waals surface area contributed by atoms with Crippen LogP contribution in [0.5, 0.6) is 17.2 Å². The van der Waals surface area contributed by atoms with Crippen molar-refractivity contribution in [2.45, 2.75) is 25.3 Å². The number of nitrogens with one attached hydrogen (secondary N) is 2. The van der Waals surface area contributed by atoms with Gasteiger partial charge in [0, 0.05) is 28.8 Å². The Morgan fingerprint density at radius 3 is 2.31 bits per heavy atom. The highest BCUT2D eigenvalue weighted by Crippen LogP contribution is 2.45. The molecule has 1 atom stereocenters.